The highest BCUT2D eigenvalue weighted by atomic mass is 19.1. The number of H-pyrrole nitrogens is 1. The Balaban J connectivity index is 1.57. The highest BCUT2D eigenvalue weighted by Crippen LogP contribution is 2.21. The van der Waals surface area contributed by atoms with Gasteiger partial charge in [-0.15, -0.1) is 0 Å². The maximum atomic E-state index is 13.8. The van der Waals surface area contributed by atoms with Gasteiger partial charge < -0.3 is 10.7 Å². The van der Waals surface area contributed by atoms with Crippen LogP contribution in [0.5, 0.6) is 0 Å². The maximum Gasteiger partial charge on any atom is 0.255 e. The van der Waals surface area contributed by atoms with E-state index >= 15 is 0 Å². The topological polar surface area (TPSA) is 75.0 Å². The van der Waals surface area contributed by atoms with E-state index in [0.29, 0.717) is 42.1 Å². The molecule has 0 bridgehead atoms. The molecule has 0 spiro atoms. The quantitative estimate of drug-likeness (QED) is 0.701. The summed E-state index contributed by atoms with van der Waals surface area (Å²) in [5, 5.41) is 0. The fourth-order valence-electron chi connectivity index (χ4n) is 3.39. The van der Waals surface area contributed by atoms with Crippen LogP contribution in [0.3, 0.4) is 0 Å². The molecular formula is C21H21FN4O. The minimum atomic E-state index is -0.197. The molecule has 0 fully saturated rings. The molecule has 0 amide bonds. The summed E-state index contributed by atoms with van der Waals surface area (Å²) in [5.74, 6) is 0.366. The monoisotopic (exact) mass is 364 g/mol. The Bertz CT molecular complexity index is 1040. The molecule has 0 saturated heterocycles. The fourth-order valence-corrected chi connectivity index (χ4v) is 3.39. The van der Waals surface area contributed by atoms with Crippen LogP contribution < -0.4 is 11.3 Å². The summed E-state index contributed by atoms with van der Waals surface area (Å²) >= 11 is 0. The zero-order valence-corrected chi connectivity index (χ0v) is 15.1. The van der Waals surface area contributed by atoms with Crippen LogP contribution in [-0.4, -0.2) is 21.4 Å². The number of aromatic amines is 1. The highest BCUT2D eigenvalue weighted by Gasteiger charge is 2.21. The lowest BCUT2D eigenvalue weighted by atomic mass is 10.0. The smallest absolute Gasteiger partial charge is 0.255 e. The number of anilines is 1. The first kappa shape index (κ1) is 17.4. The Kier molecular flexibility index (Phi) is 4.49. The van der Waals surface area contributed by atoms with Crippen LogP contribution in [0.4, 0.5) is 10.1 Å². The molecule has 1 aliphatic heterocycles. The number of aromatic nitrogens is 2. The molecule has 27 heavy (non-hydrogen) atoms. The molecule has 2 heterocycles. The summed E-state index contributed by atoms with van der Waals surface area (Å²) in [5.41, 5.74) is 10.2. The molecule has 138 valence electrons. The van der Waals surface area contributed by atoms with Gasteiger partial charge in [-0.3, -0.25) is 9.69 Å². The molecule has 5 nitrogen and oxygen atoms in total. The number of nitrogens with one attached hydrogen (secondary N) is 1. The van der Waals surface area contributed by atoms with Gasteiger partial charge in [0.15, 0.2) is 0 Å². The molecule has 4 rings (SSSR count). The van der Waals surface area contributed by atoms with Gasteiger partial charge in [0.2, 0.25) is 0 Å². The number of aryl methyl sites for hydroxylation is 1. The molecule has 0 atom stereocenters. The molecule has 0 saturated carbocycles. The van der Waals surface area contributed by atoms with Crippen molar-refractivity contribution in [2.45, 2.75) is 26.4 Å². The number of benzene rings is 2. The lowest BCUT2D eigenvalue weighted by Gasteiger charge is -2.27. The third-order valence-corrected chi connectivity index (χ3v) is 4.97. The second-order valence-electron chi connectivity index (χ2n) is 7.01. The number of nitrogens with zero attached hydrogens (tertiary/aromatic N) is 2. The molecule has 6 heteroatoms. The number of rotatable bonds is 3. The van der Waals surface area contributed by atoms with Gasteiger partial charge in [0, 0.05) is 37.3 Å². The normalized spacial score (nSPS) is 14.1. The Hall–Kier alpha value is -2.99. The van der Waals surface area contributed by atoms with E-state index in [2.05, 4.69) is 14.9 Å². The number of nitrogens with two attached hydrogens (primary N) is 1. The largest absolute Gasteiger partial charge is 0.399 e. The van der Waals surface area contributed by atoms with E-state index in [-0.39, 0.29) is 11.4 Å². The van der Waals surface area contributed by atoms with Crippen molar-refractivity contribution in [1.29, 1.82) is 0 Å². The highest BCUT2D eigenvalue weighted by molar-refractivity contribution is 5.58. The second-order valence-corrected chi connectivity index (χ2v) is 7.01. The van der Waals surface area contributed by atoms with Crippen LogP contribution in [0.2, 0.25) is 0 Å². The number of halogens is 1. The zero-order chi connectivity index (χ0) is 19.0. The maximum absolute atomic E-state index is 13.8. The standard InChI is InChI=1S/C21H21FN4O/c1-13-2-3-14(10-18(13)22)11-26-9-8-19-17(12-26)21(27)25-20(24-19)15-4-6-16(23)7-5-15/h2-7,10H,8-9,11-12,23H2,1H3,(H,24,25,27). The average Bonchev–Trinajstić information content (AvgIpc) is 2.66. The Morgan fingerprint density at radius 2 is 2.00 bits per heavy atom. The molecule has 3 aromatic rings. The van der Waals surface area contributed by atoms with Gasteiger partial charge >= 0.3 is 0 Å². The summed E-state index contributed by atoms with van der Waals surface area (Å²) in [6.07, 6.45) is 0.690. The van der Waals surface area contributed by atoms with Crippen LogP contribution >= 0.6 is 0 Å². The minimum Gasteiger partial charge on any atom is -0.399 e. The summed E-state index contributed by atoms with van der Waals surface area (Å²) in [7, 11) is 0. The van der Waals surface area contributed by atoms with Crippen LogP contribution in [0.1, 0.15) is 22.4 Å². The van der Waals surface area contributed by atoms with Crippen molar-refractivity contribution in [3.05, 3.63) is 81.0 Å². The van der Waals surface area contributed by atoms with Crippen molar-refractivity contribution in [3.8, 4) is 11.4 Å². The van der Waals surface area contributed by atoms with Gasteiger partial charge in [0.25, 0.3) is 5.56 Å². The van der Waals surface area contributed by atoms with Crippen molar-refractivity contribution in [3.63, 3.8) is 0 Å². The van der Waals surface area contributed by atoms with Crippen molar-refractivity contribution in [1.82, 2.24) is 14.9 Å². The van der Waals surface area contributed by atoms with Crippen LogP contribution in [0.15, 0.2) is 47.3 Å². The van der Waals surface area contributed by atoms with E-state index in [4.69, 9.17) is 5.73 Å². The molecule has 1 aliphatic rings. The number of hydrogen-bond acceptors (Lipinski definition) is 4. The average molecular weight is 364 g/mol. The number of fused-ring (bicyclic) bond motifs is 1. The summed E-state index contributed by atoms with van der Waals surface area (Å²) in [6, 6.07) is 12.6. The first-order valence-electron chi connectivity index (χ1n) is 8.95. The molecule has 0 aliphatic carbocycles. The molecule has 3 N–H and O–H groups in total. The number of hydrogen-bond donors (Lipinski definition) is 2. The van der Waals surface area contributed by atoms with Gasteiger partial charge in [-0.2, -0.15) is 0 Å². The second kappa shape index (κ2) is 6.96. The Labute approximate surface area is 156 Å². The van der Waals surface area contributed by atoms with Gasteiger partial charge in [-0.25, -0.2) is 9.37 Å². The predicted molar refractivity (Wildman–Crippen MR) is 104 cm³/mol. The van der Waals surface area contributed by atoms with Crippen LogP contribution in [0.25, 0.3) is 11.4 Å². The van der Waals surface area contributed by atoms with Crippen molar-refractivity contribution in [2.75, 3.05) is 12.3 Å². The van der Waals surface area contributed by atoms with Crippen LogP contribution in [-0.2, 0) is 19.5 Å². The first-order valence-corrected chi connectivity index (χ1v) is 8.95. The van der Waals surface area contributed by atoms with Gasteiger partial charge in [0.1, 0.15) is 11.6 Å². The third kappa shape index (κ3) is 3.61. The fraction of sp³-hybridized carbons (Fsp3) is 0.238. The van der Waals surface area contributed by atoms with Gasteiger partial charge in [-0.05, 0) is 48.4 Å². The summed E-state index contributed by atoms with van der Waals surface area (Å²) < 4.78 is 13.8. The summed E-state index contributed by atoms with van der Waals surface area (Å²) in [6.45, 7) is 3.64. The first-order chi connectivity index (χ1) is 13.0. The van der Waals surface area contributed by atoms with E-state index in [1.165, 1.54) is 0 Å². The molecule has 1 aromatic heterocycles. The molecule has 0 unspecified atom stereocenters. The van der Waals surface area contributed by atoms with Gasteiger partial charge in [0.05, 0.1) is 11.3 Å². The Morgan fingerprint density at radius 1 is 1.22 bits per heavy atom. The molecular weight excluding hydrogens is 343 g/mol. The van der Waals surface area contributed by atoms with Crippen molar-refractivity contribution in [2.24, 2.45) is 0 Å². The van der Waals surface area contributed by atoms with Crippen molar-refractivity contribution >= 4 is 5.69 Å². The predicted octanol–water partition coefficient (Wildman–Crippen LogP) is 3.02. The van der Waals surface area contributed by atoms with Crippen molar-refractivity contribution < 1.29 is 4.39 Å². The van der Waals surface area contributed by atoms with Crippen LogP contribution in [0, 0.1) is 12.7 Å². The zero-order valence-electron chi connectivity index (χ0n) is 15.1. The van der Waals surface area contributed by atoms with E-state index < -0.39 is 0 Å². The Morgan fingerprint density at radius 3 is 2.74 bits per heavy atom. The lowest BCUT2D eigenvalue weighted by molar-refractivity contribution is 0.241. The third-order valence-electron chi connectivity index (χ3n) is 4.97. The van der Waals surface area contributed by atoms with E-state index in [1.54, 1.807) is 31.2 Å². The summed E-state index contributed by atoms with van der Waals surface area (Å²) in [4.78, 5) is 22.3. The minimum absolute atomic E-state index is 0.119. The number of nitrogen functional groups attached to an aromatic ring is 1. The van der Waals surface area contributed by atoms with E-state index in [0.717, 1.165) is 23.4 Å². The van der Waals surface area contributed by atoms with E-state index in [1.807, 2.05) is 18.2 Å². The SMILES string of the molecule is Cc1ccc(CN2CCc3nc(-c4ccc(N)cc4)[nH]c(=O)c3C2)cc1F. The molecule has 2 aromatic carbocycles. The lowest BCUT2D eigenvalue weighted by Crippen LogP contribution is -2.35. The van der Waals surface area contributed by atoms with E-state index in [9.17, 15) is 9.18 Å². The van der Waals surface area contributed by atoms with Gasteiger partial charge in [-0.1, -0.05) is 12.1 Å². The molecule has 0 radical (unpaired) electrons.